The van der Waals surface area contributed by atoms with Crippen molar-refractivity contribution in [3.8, 4) is 11.5 Å². The summed E-state index contributed by atoms with van der Waals surface area (Å²) < 4.78 is 196. The molecule has 0 heterocycles. The fraction of sp³-hybridized carbons (Fsp3) is 0.143. The average Bonchev–Trinajstić information content (AvgIpc) is 2.72. The van der Waals surface area contributed by atoms with E-state index < -0.39 is 99.0 Å². The zero-order chi connectivity index (χ0) is 27.3. The van der Waals surface area contributed by atoms with E-state index in [1.54, 1.807) is 0 Å². The lowest BCUT2D eigenvalue weighted by Crippen LogP contribution is -2.42. The number of hydrogen-bond acceptors (Lipinski definition) is 8. The Morgan fingerprint density at radius 3 is 0.886 bits per heavy atom. The van der Waals surface area contributed by atoms with Crippen molar-refractivity contribution in [1.82, 2.24) is 0 Å². The normalized spacial score (nSPS) is 12.7. The van der Waals surface area contributed by atoms with Crippen molar-refractivity contribution in [2.75, 3.05) is 0 Å². The van der Waals surface area contributed by atoms with Gasteiger partial charge in [0, 0.05) is 0 Å². The van der Waals surface area contributed by atoms with Crippen LogP contribution in [0.15, 0.2) is 0 Å². The molecule has 0 saturated heterocycles. The summed E-state index contributed by atoms with van der Waals surface area (Å²) in [7, 11) is -16.7. The van der Waals surface area contributed by atoms with E-state index in [1.165, 1.54) is 0 Å². The molecule has 0 unspecified atom stereocenters. The first-order valence-corrected chi connectivity index (χ1v) is 13.5. The highest BCUT2D eigenvalue weighted by Gasteiger charge is 2.42. The molecule has 8 nitrogen and oxygen atoms in total. The Morgan fingerprint density at radius 2 is 0.657 bits per heavy atom. The molecule has 0 bridgehead atoms. The molecular weight excluding hydrogens is 578 g/mol. The molecule has 0 spiro atoms. The molecule has 0 aromatic heterocycles. The van der Waals surface area contributed by atoms with E-state index in [2.05, 4.69) is 16.1 Å². The van der Waals surface area contributed by atoms with Crippen LogP contribution in [-0.2, 0) is 28.5 Å². The Morgan fingerprint density at radius 1 is 0.457 bits per heavy atom. The highest BCUT2D eigenvalue weighted by atomic mass is 32.3. The molecule has 0 atom stereocenters. The van der Waals surface area contributed by atoms with Gasteiger partial charge < -0.3 is 8.37 Å². The zero-order valence-electron chi connectivity index (χ0n) is 16.4. The molecule has 0 aliphatic heterocycles. The van der Waals surface area contributed by atoms with Crippen LogP contribution in [0.5, 0.6) is 11.5 Å². The second-order valence-corrected chi connectivity index (χ2v) is 12.4. The lowest BCUT2D eigenvalue weighted by molar-refractivity contribution is 0.297. The summed E-state index contributed by atoms with van der Waals surface area (Å²) in [5, 5.41) is 0. The quantitative estimate of drug-likeness (QED) is 0.200. The molecule has 0 amide bonds. The Kier molecular flexibility index (Phi) is 7.72. The van der Waals surface area contributed by atoms with E-state index in [9.17, 15) is 60.7 Å². The fourth-order valence-electron chi connectivity index (χ4n) is 2.06. The number of rotatable bonds is 8. The van der Waals surface area contributed by atoms with Crippen LogP contribution >= 0.6 is 0 Å². The van der Waals surface area contributed by atoms with Gasteiger partial charge >= 0.3 is 29.4 Å². The van der Waals surface area contributed by atoms with E-state index >= 15 is 0 Å². The summed E-state index contributed by atoms with van der Waals surface area (Å²) in [6, 6.07) is 0. The van der Waals surface area contributed by atoms with Crippen molar-refractivity contribution in [2.24, 2.45) is 0 Å². The van der Waals surface area contributed by atoms with Gasteiger partial charge in [-0.05, 0) is 13.1 Å². The lowest BCUT2D eigenvalue weighted by Gasteiger charge is -2.21. The van der Waals surface area contributed by atoms with Gasteiger partial charge in [-0.25, -0.2) is 26.3 Å². The van der Waals surface area contributed by atoms with Gasteiger partial charge in [0.2, 0.25) is 69.7 Å². The van der Waals surface area contributed by atoms with Gasteiger partial charge in [0.1, 0.15) is 0 Å². The molecule has 2 rings (SSSR count). The maximum Gasteiger partial charge on any atom is 0.441 e. The van der Waals surface area contributed by atoms with Crippen molar-refractivity contribution in [1.29, 1.82) is 0 Å². The molecule has 21 heteroatoms. The minimum absolute atomic E-state index is 0.492. The summed E-state index contributed by atoms with van der Waals surface area (Å²) in [4.78, 5) is 0. The third-order valence-electron chi connectivity index (χ3n) is 3.32. The Balaban J connectivity index is 2.32. The van der Waals surface area contributed by atoms with E-state index in [0.29, 0.717) is 13.1 Å². The number of halogens is 10. The van der Waals surface area contributed by atoms with Crippen molar-refractivity contribution in [3.63, 3.8) is 0 Å². The maximum absolute atomic E-state index is 13.6. The molecular formula is C14H6F10O8S2Si. The van der Waals surface area contributed by atoms with Crippen LogP contribution in [0.3, 0.4) is 0 Å². The monoisotopic (exact) mass is 584 g/mol. The SMILES string of the molecule is C[Si](C)(OS(=O)(=O)Oc1c(F)c(F)c(F)c(F)c1F)OS(=O)(=O)Oc1c(F)c(F)c(F)c(F)c1F. The fourth-order valence-corrected chi connectivity index (χ4v) is 7.33. The van der Waals surface area contributed by atoms with Gasteiger partial charge in [-0.2, -0.15) is 34.4 Å². The van der Waals surface area contributed by atoms with Gasteiger partial charge in [0.05, 0.1) is 0 Å². The highest BCUT2D eigenvalue weighted by Crippen LogP contribution is 2.33. The van der Waals surface area contributed by atoms with E-state index in [-0.39, 0.29) is 0 Å². The molecule has 0 N–H and O–H groups in total. The molecule has 196 valence electrons. The van der Waals surface area contributed by atoms with Crippen molar-refractivity contribution in [2.45, 2.75) is 13.1 Å². The molecule has 0 aliphatic carbocycles. The predicted molar refractivity (Wildman–Crippen MR) is 91.2 cm³/mol. The first-order valence-electron chi connectivity index (χ1n) is 8.04. The molecule has 2 aromatic rings. The Labute approximate surface area is 189 Å². The number of hydrogen-bond donors (Lipinski definition) is 0. The third kappa shape index (κ3) is 5.96. The van der Waals surface area contributed by atoms with Gasteiger partial charge in [0.25, 0.3) is 0 Å². The second kappa shape index (κ2) is 9.44. The van der Waals surface area contributed by atoms with E-state index in [1.807, 2.05) is 0 Å². The van der Waals surface area contributed by atoms with Gasteiger partial charge in [0.15, 0.2) is 0 Å². The highest BCUT2D eigenvalue weighted by molar-refractivity contribution is 7.85. The van der Waals surface area contributed by atoms with Crippen LogP contribution in [-0.4, -0.2) is 25.4 Å². The topological polar surface area (TPSA) is 105 Å². The first kappa shape index (κ1) is 28.6. The van der Waals surface area contributed by atoms with Gasteiger partial charge in [-0.3, -0.25) is 7.74 Å². The molecule has 35 heavy (non-hydrogen) atoms. The van der Waals surface area contributed by atoms with E-state index in [4.69, 9.17) is 0 Å². The zero-order valence-corrected chi connectivity index (χ0v) is 19.0. The summed E-state index contributed by atoms with van der Waals surface area (Å²) in [6.45, 7) is 0.984. The Hall–Kier alpha value is -2.62. The maximum atomic E-state index is 13.6. The average molecular weight is 584 g/mol. The van der Waals surface area contributed by atoms with Crippen molar-refractivity contribution >= 4 is 29.4 Å². The largest absolute Gasteiger partial charge is 0.441 e. The van der Waals surface area contributed by atoms with Gasteiger partial charge in [-0.1, -0.05) is 0 Å². The second-order valence-electron chi connectivity index (χ2n) is 6.35. The molecule has 0 aliphatic rings. The van der Waals surface area contributed by atoms with Crippen LogP contribution < -0.4 is 8.37 Å². The van der Waals surface area contributed by atoms with Crippen molar-refractivity contribution < 1.29 is 76.9 Å². The van der Waals surface area contributed by atoms with Crippen LogP contribution in [0.2, 0.25) is 13.1 Å². The number of benzene rings is 2. The van der Waals surface area contributed by atoms with E-state index in [0.717, 1.165) is 0 Å². The minimum Gasteiger partial charge on any atom is -0.356 e. The summed E-state index contributed by atoms with van der Waals surface area (Å²) >= 11 is 0. The van der Waals surface area contributed by atoms with Crippen LogP contribution in [0.25, 0.3) is 0 Å². The standard InChI is InChI=1S/C14H6F10O8S2Si/c1-35(2,31-33(25,26)29-13-9(21)5(17)3(15)6(18)10(13)22)32-34(27,28)30-14-11(23)7(19)4(16)8(20)12(14)24/h1-2H3. The van der Waals surface area contributed by atoms with Crippen LogP contribution in [0, 0.1) is 58.2 Å². The smallest absolute Gasteiger partial charge is 0.356 e. The molecule has 2 aromatic carbocycles. The molecule has 0 radical (unpaired) electrons. The first-order chi connectivity index (χ1) is 15.7. The van der Waals surface area contributed by atoms with Crippen LogP contribution in [0.4, 0.5) is 43.9 Å². The predicted octanol–water partition coefficient (Wildman–Crippen LogP) is 3.76. The molecule has 0 saturated carbocycles. The van der Waals surface area contributed by atoms with Crippen LogP contribution in [0.1, 0.15) is 0 Å². The molecule has 0 fully saturated rings. The van der Waals surface area contributed by atoms with Crippen molar-refractivity contribution in [3.05, 3.63) is 58.2 Å². The summed E-state index contributed by atoms with van der Waals surface area (Å²) in [5.41, 5.74) is 0. The summed E-state index contributed by atoms with van der Waals surface area (Å²) in [6.07, 6.45) is 0. The Bertz CT molecular complexity index is 1250. The lowest BCUT2D eigenvalue weighted by atomic mass is 10.3. The third-order valence-corrected chi connectivity index (χ3v) is 8.90. The summed E-state index contributed by atoms with van der Waals surface area (Å²) in [5.74, 6) is -31.7. The van der Waals surface area contributed by atoms with Gasteiger partial charge in [-0.15, -0.1) is 0 Å². The minimum atomic E-state index is -5.90.